The average Bonchev–Trinajstić information content (AvgIpc) is 2.72. The number of methoxy groups -OCH3 is 1. The number of hydrogen-bond acceptors (Lipinski definition) is 5. The van der Waals surface area contributed by atoms with E-state index in [0.29, 0.717) is 0 Å². The Morgan fingerprint density at radius 1 is 1.53 bits per heavy atom. The molecular formula is C9H9F3IN3O3. The number of carbonyl (C=O) groups excluding carboxylic acids is 2. The third-order valence-corrected chi connectivity index (χ3v) is 3.15. The molecule has 0 spiro atoms. The van der Waals surface area contributed by atoms with Crippen molar-refractivity contribution in [1.29, 1.82) is 0 Å². The highest BCUT2D eigenvalue weighted by atomic mass is 127. The molecule has 1 rings (SSSR count). The summed E-state index contributed by atoms with van der Waals surface area (Å²) in [6.07, 6.45) is -2.69. The lowest BCUT2D eigenvalue weighted by molar-refractivity contribution is -0.175. The van der Waals surface area contributed by atoms with Gasteiger partial charge in [0, 0.05) is 12.6 Å². The summed E-state index contributed by atoms with van der Waals surface area (Å²) in [5.41, 5.74) is 0. The number of rotatable bonds is 4. The smallest absolute Gasteiger partial charge is 0.467 e. The molecule has 1 N–H and O–H groups in total. The Hall–Kier alpha value is -1.20. The van der Waals surface area contributed by atoms with E-state index in [9.17, 15) is 22.8 Å². The largest absolute Gasteiger partial charge is 0.471 e. The molecule has 0 bridgehead atoms. The van der Waals surface area contributed by atoms with Crippen molar-refractivity contribution in [3.8, 4) is 0 Å². The van der Waals surface area contributed by atoms with Gasteiger partial charge in [-0.3, -0.25) is 9.79 Å². The van der Waals surface area contributed by atoms with Gasteiger partial charge in [-0.15, -0.1) is 0 Å². The Morgan fingerprint density at radius 3 is 2.58 bits per heavy atom. The summed E-state index contributed by atoms with van der Waals surface area (Å²) >= 11 is 1.81. The molecular weight excluding hydrogens is 382 g/mol. The SMILES string of the molecule is COC(=O)C(CC1(I)C=NC=N1)NC(=O)C(F)(F)F. The first-order valence-corrected chi connectivity index (χ1v) is 5.98. The predicted octanol–water partition coefficient (Wildman–Crippen LogP) is 0.841. The first kappa shape index (κ1) is 15.9. The molecule has 1 aliphatic rings. The number of ether oxygens (including phenoxy) is 1. The Morgan fingerprint density at radius 2 is 2.16 bits per heavy atom. The number of nitrogens with one attached hydrogen (secondary N) is 1. The number of amides is 1. The summed E-state index contributed by atoms with van der Waals surface area (Å²) in [6, 6.07) is -1.46. The summed E-state index contributed by atoms with van der Waals surface area (Å²) in [7, 11) is 1.01. The maximum Gasteiger partial charge on any atom is 0.471 e. The second kappa shape index (κ2) is 5.84. The van der Waals surface area contributed by atoms with Crippen LogP contribution in [0.1, 0.15) is 6.42 Å². The molecule has 0 fully saturated rings. The standard InChI is InChI=1S/C9H9F3IN3O3/c1-19-6(17)5(16-7(18)9(10,11)12)2-8(13)3-14-4-15-8/h3-5H,2H2,1H3,(H,16,18). The summed E-state index contributed by atoms with van der Waals surface area (Å²) in [6.45, 7) is 0. The number of carbonyl (C=O) groups is 2. The molecule has 0 saturated heterocycles. The summed E-state index contributed by atoms with van der Waals surface area (Å²) in [4.78, 5) is 29.8. The molecule has 1 heterocycles. The van der Waals surface area contributed by atoms with Crippen LogP contribution in [-0.4, -0.2) is 47.3 Å². The fourth-order valence-electron chi connectivity index (χ4n) is 1.28. The Balaban J connectivity index is 2.79. The lowest BCUT2D eigenvalue weighted by atomic mass is 10.1. The minimum atomic E-state index is -5.07. The van der Waals surface area contributed by atoms with Gasteiger partial charge in [-0.25, -0.2) is 9.79 Å². The minimum absolute atomic E-state index is 0.192. The van der Waals surface area contributed by atoms with E-state index in [1.807, 2.05) is 22.6 Å². The van der Waals surface area contributed by atoms with Gasteiger partial charge in [0.25, 0.3) is 0 Å². The van der Waals surface area contributed by atoms with Crippen molar-refractivity contribution in [3.63, 3.8) is 0 Å². The molecule has 2 atom stereocenters. The van der Waals surface area contributed by atoms with Crippen molar-refractivity contribution >= 4 is 47.0 Å². The van der Waals surface area contributed by atoms with Gasteiger partial charge in [-0.1, -0.05) is 0 Å². The fraction of sp³-hybridized carbons (Fsp3) is 0.556. The van der Waals surface area contributed by atoms with E-state index >= 15 is 0 Å². The Kier molecular flexibility index (Phi) is 4.87. The monoisotopic (exact) mass is 391 g/mol. The van der Waals surface area contributed by atoms with Gasteiger partial charge in [-0.05, 0) is 22.6 Å². The van der Waals surface area contributed by atoms with Crippen molar-refractivity contribution in [1.82, 2.24) is 5.32 Å². The molecule has 0 aromatic heterocycles. The number of hydrogen-bond donors (Lipinski definition) is 1. The van der Waals surface area contributed by atoms with Crippen LogP contribution >= 0.6 is 22.6 Å². The molecule has 0 radical (unpaired) electrons. The summed E-state index contributed by atoms with van der Waals surface area (Å²) in [5, 5.41) is 1.58. The number of nitrogens with zero attached hydrogens (tertiary/aromatic N) is 2. The van der Waals surface area contributed by atoms with Crippen LogP contribution in [0.15, 0.2) is 9.98 Å². The van der Waals surface area contributed by atoms with Gasteiger partial charge in [0.05, 0.1) is 7.11 Å². The van der Waals surface area contributed by atoms with Crippen LogP contribution in [0.2, 0.25) is 0 Å². The van der Waals surface area contributed by atoms with Crippen LogP contribution in [0.4, 0.5) is 13.2 Å². The highest BCUT2D eigenvalue weighted by Crippen LogP contribution is 2.27. The normalized spacial score (nSPS) is 23.2. The number of esters is 1. The summed E-state index contributed by atoms with van der Waals surface area (Å²) in [5.74, 6) is -3.19. The van der Waals surface area contributed by atoms with Crippen molar-refractivity contribution in [2.24, 2.45) is 9.98 Å². The highest BCUT2D eigenvalue weighted by molar-refractivity contribution is 14.1. The zero-order valence-electron chi connectivity index (χ0n) is 9.57. The minimum Gasteiger partial charge on any atom is -0.467 e. The second-order valence-electron chi connectivity index (χ2n) is 3.59. The highest BCUT2D eigenvalue weighted by Gasteiger charge is 2.43. The van der Waals surface area contributed by atoms with E-state index < -0.39 is 27.6 Å². The number of alkyl halides is 4. The predicted molar refractivity (Wildman–Crippen MR) is 68.4 cm³/mol. The first-order chi connectivity index (χ1) is 8.68. The third kappa shape index (κ3) is 4.44. The molecule has 0 aromatic rings. The quantitative estimate of drug-likeness (QED) is 0.334. The molecule has 0 aromatic carbocycles. The molecule has 19 heavy (non-hydrogen) atoms. The molecule has 1 aliphatic heterocycles. The topological polar surface area (TPSA) is 80.1 Å². The van der Waals surface area contributed by atoms with Crippen LogP contribution in [0.5, 0.6) is 0 Å². The third-order valence-electron chi connectivity index (χ3n) is 2.15. The van der Waals surface area contributed by atoms with Crippen LogP contribution in [-0.2, 0) is 14.3 Å². The van der Waals surface area contributed by atoms with Gasteiger partial charge < -0.3 is 10.1 Å². The Bertz CT molecular complexity index is 424. The van der Waals surface area contributed by atoms with Crippen LogP contribution < -0.4 is 5.32 Å². The second-order valence-corrected chi connectivity index (χ2v) is 5.46. The molecule has 10 heteroatoms. The zero-order valence-corrected chi connectivity index (χ0v) is 11.7. The lowest BCUT2D eigenvalue weighted by Gasteiger charge is -2.22. The van der Waals surface area contributed by atoms with Gasteiger partial charge >= 0.3 is 18.1 Å². The Labute approximate surface area is 119 Å². The van der Waals surface area contributed by atoms with Crippen LogP contribution in [0.3, 0.4) is 0 Å². The van der Waals surface area contributed by atoms with Crippen molar-refractivity contribution in [2.45, 2.75) is 22.2 Å². The van der Waals surface area contributed by atoms with E-state index in [2.05, 4.69) is 14.7 Å². The summed E-state index contributed by atoms with van der Waals surface area (Å²) < 4.78 is 39.9. The van der Waals surface area contributed by atoms with E-state index in [0.717, 1.165) is 7.11 Å². The van der Waals surface area contributed by atoms with Crippen molar-refractivity contribution < 1.29 is 27.5 Å². The van der Waals surface area contributed by atoms with E-state index in [1.54, 1.807) is 5.32 Å². The molecule has 6 nitrogen and oxygen atoms in total. The van der Waals surface area contributed by atoms with Crippen molar-refractivity contribution in [2.75, 3.05) is 7.11 Å². The maximum absolute atomic E-state index is 12.2. The van der Waals surface area contributed by atoms with Crippen molar-refractivity contribution in [3.05, 3.63) is 0 Å². The van der Waals surface area contributed by atoms with E-state index in [-0.39, 0.29) is 6.42 Å². The van der Waals surface area contributed by atoms with E-state index in [1.165, 1.54) is 12.6 Å². The fourth-order valence-corrected chi connectivity index (χ4v) is 2.00. The molecule has 0 aliphatic carbocycles. The molecule has 0 saturated carbocycles. The lowest BCUT2D eigenvalue weighted by Crippen LogP contribution is -2.49. The van der Waals surface area contributed by atoms with Crippen LogP contribution in [0.25, 0.3) is 0 Å². The van der Waals surface area contributed by atoms with Gasteiger partial charge in [0.1, 0.15) is 12.4 Å². The zero-order chi connectivity index (χ0) is 14.7. The number of halogens is 4. The first-order valence-electron chi connectivity index (χ1n) is 4.90. The molecule has 1 amide bonds. The number of aliphatic imine (C=N–C) groups is 2. The average molecular weight is 391 g/mol. The van der Waals surface area contributed by atoms with E-state index in [4.69, 9.17) is 0 Å². The maximum atomic E-state index is 12.2. The molecule has 106 valence electrons. The van der Waals surface area contributed by atoms with Gasteiger partial charge in [0.15, 0.2) is 3.55 Å². The molecule has 2 unspecified atom stereocenters. The van der Waals surface area contributed by atoms with Gasteiger partial charge in [0.2, 0.25) is 0 Å². The van der Waals surface area contributed by atoms with Crippen LogP contribution in [0, 0.1) is 0 Å². The van der Waals surface area contributed by atoms with Gasteiger partial charge in [-0.2, -0.15) is 13.2 Å².